The highest BCUT2D eigenvalue weighted by Gasteiger charge is 2.23. The molecule has 2 rings (SSSR count). The van der Waals surface area contributed by atoms with Gasteiger partial charge in [-0.2, -0.15) is 4.39 Å². The molecule has 1 aromatic rings. The van der Waals surface area contributed by atoms with Gasteiger partial charge in [-0.3, -0.25) is 0 Å². The lowest BCUT2D eigenvalue weighted by molar-refractivity contribution is 0.0663. The Balaban J connectivity index is 2.06. The molecule has 2 N–H and O–H groups in total. The largest absolute Gasteiger partial charge is 0.491 e. The Labute approximate surface area is 103 Å². The molecule has 98 valence electrons. The Morgan fingerprint density at radius 3 is 2.72 bits per heavy atom. The lowest BCUT2D eigenvalue weighted by Gasteiger charge is -2.13. The van der Waals surface area contributed by atoms with Crippen molar-refractivity contribution in [1.29, 1.82) is 0 Å². The molecule has 1 aliphatic rings. The van der Waals surface area contributed by atoms with Gasteiger partial charge < -0.3 is 19.5 Å². The summed E-state index contributed by atoms with van der Waals surface area (Å²) < 4.78 is 37.4. The molecule has 0 radical (unpaired) electrons. The normalized spacial score (nSPS) is 19.0. The highest BCUT2D eigenvalue weighted by atomic mass is 19.2. The first-order valence-electron chi connectivity index (χ1n) is 5.68. The van der Waals surface area contributed by atoms with E-state index in [4.69, 9.17) is 19.5 Å². The van der Waals surface area contributed by atoms with Crippen molar-refractivity contribution in [2.45, 2.75) is 18.9 Å². The van der Waals surface area contributed by atoms with Crippen LogP contribution in [-0.2, 0) is 4.74 Å². The second-order valence-corrected chi connectivity index (χ2v) is 4.10. The van der Waals surface area contributed by atoms with Crippen molar-refractivity contribution >= 4 is 12.6 Å². The molecule has 0 aromatic heterocycles. The van der Waals surface area contributed by atoms with E-state index in [1.807, 2.05) is 0 Å². The molecule has 0 spiro atoms. The van der Waals surface area contributed by atoms with E-state index in [1.165, 1.54) is 6.07 Å². The van der Waals surface area contributed by atoms with E-state index in [-0.39, 0.29) is 18.5 Å². The average molecular weight is 258 g/mol. The van der Waals surface area contributed by atoms with E-state index in [1.54, 1.807) is 0 Å². The second-order valence-electron chi connectivity index (χ2n) is 4.10. The molecule has 0 bridgehead atoms. The molecule has 1 aliphatic heterocycles. The van der Waals surface area contributed by atoms with E-state index >= 15 is 0 Å². The second kappa shape index (κ2) is 5.64. The van der Waals surface area contributed by atoms with Gasteiger partial charge in [0.1, 0.15) is 6.61 Å². The van der Waals surface area contributed by atoms with Gasteiger partial charge in [-0.1, -0.05) is 6.07 Å². The van der Waals surface area contributed by atoms with Crippen LogP contribution in [0.3, 0.4) is 0 Å². The molecule has 1 atom stereocenters. The first-order valence-corrected chi connectivity index (χ1v) is 5.68. The van der Waals surface area contributed by atoms with Crippen LogP contribution in [0.4, 0.5) is 8.78 Å². The Morgan fingerprint density at radius 2 is 2.11 bits per heavy atom. The van der Waals surface area contributed by atoms with Crippen LogP contribution in [0.2, 0.25) is 0 Å². The fraction of sp³-hybridized carbons (Fsp3) is 0.455. The molecular formula is C11H13BF2O4. The molecule has 1 heterocycles. The highest BCUT2D eigenvalue weighted by Crippen LogP contribution is 2.20. The van der Waals surface area contributed by atoms with Crippen molar-refractivity contribution in [3.8, 4) is 5.75 Å². The molecule has 18 heavy (non-hydrogen) atoms. The van der Waals surface area contributed by atoms with Crippen LogP contribution >= 0.6 is 0 Å². The van der Waals surface area contributed by atoms with Crippen molar-refractivity contribution in [2.75, 3.05) is 13.2 Å². The molecule has 0 amide bonds. The van der Waals surface area contributed by atoms with E-state index in [9.17, 15) is 8.78 Å². The molecule has 7 heteroatoms. The maximum absolute atomic E-state index is 13.5. The zero-order valence-electron chi connectivity index (χ0n) is 9.60. The number of hydrogen-bond acceptors (Lipinski definition) is 4. The number of halogens is 2. The van der Waals surface area contributed by atoms with Crippen LogP contribution in [0.5, 0.6) is 5.75 Å². The van der Waals surface area contributed by atoms with Crippen LogP contribution in [0.25, 0.3) is 0 Å². The Kier molecular flexibility index (Phi) is 4.16. The molecule has 1 unspecified atom stereocenters. The van der Waals surface area contributed by atoms with Gasteiger partial charge in [-0.15, -0.1) is 0 Å². The van der Waals surface area contributed by atoms with Gasteiger partial charge in [0, 0.05) is 12.1 Å². The quantitative estimate of drug-likeness (QED) is 0.757. The molecule has 1 saturated heterocycles. The maximum Gasteiger partial charge on any atom is 0.491 e. The van der Waals surface area contributed by atoms with Gasteiger partial charge >= 0.3 is 7.12 Å². The summed E-state index contributed by atoms with van der Waals surface area (Å²) in [4.78, 5) is 0. The molecular weight excluding hydrogens is 245 g/mol. The maximum atomic E-state index is 13.5. The Hall–Kier alpha value is -1.18. The van der Waals surface area contributed by atoms with E-state index in [2.05, 4.69) is 0 Å². The summed E-state index contributed by atoms with van der Waals surface area (Å²) in [6.45, 7) is 0.803. The van der Waals surface area contributed by atoms with E-state index in [0.29, 0.717) is 6.61 Å². The van der Waals surface area contributed by atoms with Crippen molar-refractivity contribution < 1.29 is 28.3 Å². The summed E-state index contributed by atoms with van der Waals surface area (Å²) in [5, 5.41) is 17.6. The smallest absolute Gasteiger partial charge is 0.488 e. The zero-order chi connectivity index (χ0) is 13.1. The van der Waals surface area contributed by atoms with Crippen molar-refractivity contribution in [2.24, 2.45) is 0 Å². The highest BCUT2D eigenvalue weighted by molar-refractivity contribution is 6.58. The van der Waals surface area contributed by atoms with Crippen molar-refractivity contribution in [3.63, 3.8) is 0 Å². The zero-order valence-corrected chi connectivity index (χ0v) is 9.60. The number of benzene rings is 1. The van der Waals surface area contributed by atoms with Crippen molar-refractivity contribution in [1.82, 2.24) is 0 Å². The molecule has 1 aromatic carbocycles. The summed E-state index contributed by atoms with van der Waals surface area (Å²) in [5.41, 5.74) is -0.517. The van der Waals surface area contributed by atoms with Crippen LogP contribution in [0.1, 0.15) is 12.8 Å². The SMILES string of the molecule is OB(O)c1ccc(OCC2CCCO2)c(F)c1F. The van der Waals surface area contributed by atoms with Crippen LogP contribution < -0.4 is 10.2 Å². The first kappa shape index (κ1) is 13.3. The summed E-state index contributed by atoms with van der Waals surface area (Å²) in [7, 11) is -2.05. The number of rotatable bonds is 4. The Morgan fingerprint density at radius 1 is 1.33 bits per heavy atom. The Bertz CT molecular complexity index is 422. The molecule has 4 nitrogen and oxygen atoms in total. The van der Waals surface area contributed by atoms with E-state index in [0.717, 1.165) is 18.9 Å². The minimum absolute atomic E-state index is 0.101. The van der Waals surface area contributed by atoms with Crippen LogP contribution in [-0.4, -0.2) is 36.5 Å². The summed E-state index contributed by atoms with van der Waals surface area (Å²) >= 11 is 0. The lowest BCUT2D eigenvalue weighted by atomic mass is 9.80. The monoisotopic (exact) mass is 258 g/mol. The third-order valence-electron chi connectivity index (χ3n) is 2.80. The number of ether oxygens (including phenoxy) is 2. The first-order chi connectivity index (χ1) is 8.59. The fourth-order valence-electron chi connectivity index (χ4n) is 1.82. The summed E-state index contributed by atoms with van der Waals surface area (Å²) in [5.74, 6) is -2.79. The molecule has 1 fully saturated rings. The molecule has 0 aliphatic carbocycles. The topological polar surface area (TPSA) is 58.9 Å². The third kappa shape index (κ3) is 2.80. The summed E-state index contributed by atoms with van der Waals surface area (Å²) in [6.07, 6.45) is 1.66. The standard InChI is InChI=1S/C11H13BF2O4/c13-10-8(12(15)16)3-4-9(11(10)14)18-6-7-2-1-5-17-7/h3-4,7,15-16H,1-2,5-6H2. The lowest BCUT2D eigenvalue weighted by Crippen LogP contribution is -2.33. The summed E-state index contributed by atoms with van der Waals surface area (Å²) in [6, 6.07) is 2.25. The van der Waals surface area contributed by atoms with Crippen LogP contribution in [0, 0.1) is 11.6 Å². The van der Waals surface area contributed by atoms with Gasteiger partial charge in [0.25, 0.3) is 0 Å². The van der Waals surface area contributed by atoms with Crippen molar-refractivity contribution in [3.05, 3.63) is 23.8 Å². The molecule has 0 saturated carbocycles. The number of hydrogen-bond donors (Lipinski definition) is 2. The van der Waals surface area contributed by atoms with Gasteiger partial charge in [0.2, 0.25) is 0 Å². The third-order valence-corrected chi connectivity index (χ3v) is 2.80. The van der Waals surface area contributed by atoms with Gasteiger partial charge in [0.15, 0.2) is 17.4 Å². The predicted molar refractivity (Wildman–Crippen MR) is 60.7 cm³/mol. The fourth-order valence-corrected chi connectivity index (χ4v) is 1.82. The van der Waals surface area contributed by atoms with E-state index < -0.39 is 24.2 Å². The van der Waals surface area contributed by atoms with Crippen LogP contribution in [0.15, 0.2) is 12.1 Å². The minimum Gasteiger partial charge on any atom is -0.488 e. The van der Waals surface area contributed by atoms with Gasteiger partial charge in [-0.05, 0) is 18.9 Å². The van der Waals surface area contributed by atoms with Gasteiger partial charge in [-0.25, -0.2) is 4.39 Å². The average Bonchev–Trinajstić information content (AvgIpc) is 2.83. The minimum atomic E-state index is -2.05. The van der Waals surface area contributed by atoms with Gasteiger partial charge in [0.05, 0.1) is 6.10 Å². The predicted octanol–water partition coefficient (Wildman–Crippen LogP) is 0.202.